The van der Waals surface area contributed by atoms with E-state index < -0.39 is 0 Å². The van der Waals surface area contributed by atoms with Crippen molar-refractivity contribution in [3.05, 3.63) is 24.3 Å². The summed E-state index contributed by atoms with van der Waals surface area (Å²) in [6.45, 7) is 2.39. The molecule has 96 valence electrons. The molecule has 0 spiro atoms. The molecule has 0 saturated carbocycles. The number of nitrogens with one attached hydrogen (secondary N) is 2. The van der Waals surface area contributed by atoms with Gasteiger partial charge in [-0.3, -0.25) is 0 Å². The Hall–Kier alpha value is -1.00. The second kappa shape index (κ2) is 5.76. The first-order valence-corrected chi connectivity index (χ1v) is 7.68. The first kappa shape index (κ1) is 12.1. The lowest BCUT2D eigenvalue weighted by molar-refractivity contribution is 0.367. The van der Waals surface area contributed by atoms with Crippen LogP contribution in [-0.4, -0.2) is 28.8 Å². The van der Waals surface area contributed by atoms with Gasteiger partial charge in [0.25, 0.3) is 0 Å². The summed E-state index contributed by atoms with van der Waals surface area (Å²) in [6.07, 6.45) is 3.98. The quantitative estimate of drug-likeness (QED) is 0.831. The molecule has 2 N–H and O–H groups in total. The molecule has 3 rings (SSSR count). The van der Waals surface area contributed by atoms with Gasteiger partial charge in [0.2, 0.25) is 0 Å². The van der Waals surface area contributed by atoms with E-state index in [0.29, 0.717) is 0 Å². The molecule has 1 aliphatic rings. The fourth-order valence-electron chi connectivity index (χ4n) is 2.49. The Morgan fingerprint density at radius 1 is 1.22 bits per heavy atom. The molecule has 0 amide bonds. The highest BCUT2D eigenvalue weighted by molar-refractivity contribution is 7.99. The van der Waals surface area contributed by atoms with E-state index in [4.69, 9.17) is 0 Å². The fourth-order valence-corrected chi connectivity index (χ4v) is 3.48. The molecule has 0 aliphatic carbocycles. The number of imidazole rings is 1. The summed E-state index contributed by atoms with van der Waals surface area (Å²) in [6, 6.07) is 8.22. The molecule has 1 saturated heterocycles. The number of thioether (sulfide) groups is 1. The van der Waals surface area contributed by atoms with E-state index in [1.807, 2.05) is 23.9 Å². The van der Waals surface area contributed by atoms with Gasteiger partial charge in [-0.1, -0.05) is 23.9 Å². The molecule has 2 aromatic rings. The van der Waals surface area contributed by atoms with Gasteiger partial charge in [-0.15, -0.1) is 0 Å². The second-order valence-corrected chi connectivity index (χ2v) is 5.97. The van der Waals surface area contributed by atoms with Crippen LogP contribution in [0, 0.1) is 5.92 Å². The zero-order valence-electron chi connectivity index (χ0n) is 10.5. The van der Waals surface area contributed by atoms with Crippen molar-refractivity contribution in [2.45, 2.75) is 24.4 Å². The lowest BCUT2D eigenvalue weighted by Gasteiger charge is -2.21. The van der Waals surface area contributed by atoms with Gasteiger partial charge < -0.3 is 10.3 Å². The molecule has 18 heavy (non-hydrogen) atoms. The van der Waals surface area contributed by atoms with Crippen LogP contribution in [0.15, 0.2) is 29.4 Å². The Morgan fingerprint density at radius 2 is 2.06 bits per heavy atom. The Labute approximate surface area is 112 Å². The van der Waals surface area contributed by atoms with E-state index in [9.17, 15) is 0 Å². The number of piperidine rings is 1. The Morgan fingerprint density at radius 3 is 2.89 bits per heavy atom. The summed E-state index contributed by atoms with van der Waals surface area (Å²) in [7, 11) is 0. The summed E-state index contributed by atoms with van der Waals surface area (Å²) in [5, 5.41) is 4.48. The largest absolute Gasteiger partial charge is 0.333 e. The fraction of sp³-hybridized carbons (Fsp3) is 0.500. The summed E-state index contributed by atoms with van der Waals surface area (Å²) >= 11 is 1.85. The van der Waals surface area contributed by atoms with Crippen LogP contribution in [0.1, 0.15) is 19.3 Å². The van der Waals surface area contributed by atoms with Crippen LogP contribution >= 0.6 is 11.8 Å². The number of aromatic nitrogens is 2. The first-order chi connectivity index (χ1) is 8.92. The molecular weight excluding hydrogens is 242 g/mol. The second-order valence-electron chi connectivity index (χ2n) is 4.89. The zero-order valence-corrected chi connectivity index (χ0v) is 11.3. The predicted molar refractivity (Wildman–Crippen MR) is 77.0 cm³/mol. The van der Waals surface area contributed by atoms with Gasteiger partial charge in [-0.25, -0.2) is 4.98 Å². The molecule has 0 bridgehead atoms. The maximum Gasteiger partial charge on any atom is 0.166 e. The molecule has 3 nitrogen and oxygen atoms in total. The molecule has 1 aromatic heterocycles. The van der Waals surface area contributed by atoms with Gasteiger partial charge >= 0.3 is 0 Å². The van der Waals surface area contributed by atoms with Crippen LogP contribution in [0.2, 0.25) is 0 Å². The van der Waals surface area contributed by atoms with E-state index in [2.05, 4.69) is 27.4 Å². The van der Waals surface area contributed by atoms with Crippen molar-refractivity contribution in [2.24, 2.45) is 5.92 Å². The number of hydrogen-bond donors (Lipinski definition) is 2. The van der Waals surface area contributed by atoms with E-state index in [-0.39, 0.29) is 0 Å². The Bertz CT molecular complexity index is 469. The molecule has 0 unspecified atom stereocenters. The van der Waals surface area contributed by atoms with Crippen LogP contribution in [0.4, 0.5) is 0 Å². The number of fused-ring (bicyclic) bond motifs is 1. The number of para-hydroxylation sites is 2. The number of H-pyrrole nitrogens is 1. The molecule has 1 aromatic carbocycles. The van der Waals surface area contributed by atoms with Gasteiger partial charge in [0, 0.05) is 5.75 Å². The maximum atomic E-state index is 4.59. The minimum atomic E-state index is 0.906. The van der Waals surface area contributed by atoms with Gasteiger partial charge in [0.1, 0.15) is 0 Å². The van der Waals surface area contributed by atoms with Crippen LogP contribution < -0.4 is 5.32 Å². The molecule has 4 heteroatoms. The standard InChI is InChI=1S/C14H19N3S/c1-2-4-13-12(3-1)16-14(17-13)18-10-7-11-5-8-15-9-6-11/h1-4,11,15H,5-10H2,(H,16,17). The predicted octanol–water partition coefficient (Wildman–Crippen LogP) is 3.04. The van der Waals surface area contributed by atoms with Crippen molar-refractivity contribution < 1.29 is 0 Å². The highest BCUT2D eigenvalue weighted by atomic mass is 32.2. The number of nitrogens with zero attached hydrogens (tertiary/aromatic N) is 1. The average molecular weight is 261 g/mol. The van der Waals surface area contributed by atoms with Crippen LogP contribution in [0.3, 0.4) is 0 Å². The lowest BCUT2D eigenvalue weighted by Crippen LogP contribution is -2.27. The van der Waals surface area contributed by atoms with Crippen LogP contribution in [0.5, 0.6) is 0 Å². The summed E-state index contributed by atoms with van der Waals surface area (Å²) in [5.74, 6) is 2.08. The van der Waals surface area contributed by atoms with E-state index in [0.717, 1.165) is 22.1 Å². The molecule has 0 radical (unpaired) electrons. The molecule has 1 fully saturated rings. The summed E-state index contributed by atoms with van der Waals surface area (Å²) in [4.78, 5) is 7.96. The third-order valence-corrected chi connectivity index (χ3v) is 4.50. The number of aromatic amines is 1. The number of benzene rings is 1. The van der Waals surface area contributed by atoms with Crippen molar-refractivity contribution in [2.75, 3.05) is 18.8 Å². The highest BCUT2D eigenvalue weighted by Gasteiger charge is 2.12. The van der Waals surface area contributed by atoms with E-state index in [1.54, 1.807) is 0 Å². The van der Waals surface area contributed by atoms with Crippen molar-refractivity contribution in [1.82, 2.24) is 15.3 Å². The molecule has 2 heterocycles. The van der Waals surface area contributed by atoms with E-state index in [1.165, 1.54) is 38.1 Å². The minimum absolute atomic E-state index is 0.906. The van der Waals surface area contributed by atoms with Crippen molar-refractivity contribution in [3.8, 4) is 0 Å². The van der Waals surface area contributed by atoms with Crippen molar-refractivity contribution in [1.29, 1.82) is 0 Å². The van der Waals surface area contributed by atoms with Gasteiger partial charge in [-0.05, 0) is 50.4 Å². The Balaban J connectivity index is 1.53. The zero-order chi connectivity index (χ0) is 12.2. The van der Waals surface area contributed by atoms with Gasteiger partial charge in [0.05, 0.1) is 11.0 Å². The third kappa shape index (κ3) is 2.87. The monoisotopic (exact) mass is 261 g/mol. The topological polar surface area (TPSA) is 40.7 Å². The number of hydrogen-bond acceptors (Lipinski definition) is 3. The minimum Gasteiger partial charge on any atom is -0.333 e. The number of rotatable bonds is 4. The summed E-state index contributed by atoms with van der Waals surface area (Å²) in [5.41, 5.74) is 2.21. The molecular formula is C14H19N3S. The summed E-state index contributed by atoms with van der Waals surface area (Å²) < 4.78 is 0. The van der Waals surface area contributed by atoms with Crippen molar-refractivity contribution >= 4 is 22.8 Å². The average Bonchev–Trinajstić information content (AvgIpc) is 2.82. The van der Waals surface area contributed by atoms with E-state index >= 15 is 0 Å². The highest BCUT2D eigenvalue weighted by Crippen LogP contribution is 2.23. The van der Waals surface area contributed by atoms with Crippen LogP contribution in [0.25, 0.3) is 11.0 Å². The van der Waals surface area contributed by atoms with Crippen molar-refractivity contribution in [3.63, 3.8) is 0 Å². The Kier molecular flexibility index (Phi) is 3.86. The van der Waals surface area contributed by atoms with Gasteiger partial charge in [-0.2, -0.15) is 0 Å². The molecule has 1 aliphatic heterocycles. The smallest absolute Gasteiger partial charge is 0.166 e. The van der Waals surface area contributed by atoms with Gasteiger partial charge in [0.15, 0.2) is 5.16 Å². The SMILES string of the molecule is c1ccc2[nH]c(SCCC3CCNCC3)nc2c1. The molecule has 0 atom stereocenters. The lowest BCUT2D eigenvalue weighted by atomic mass is 9.96. The third-order valence-electron chi connectivity index (χ3n) is 3.59. The first-order valence-electron chi connectivity index (χ1n) is 6.70. The maximum absolute atomic E-state index is 4.59. The van der Waals surface area contributed by atoms with Crippen LogP contribution in [-0.2, 0) is 0 Å². The normalized spacial score (nSPS) is 17.3.